The van der Waals surface area contributed by atoms with Gasteiger partial charge in [-0.25, -0.2) is 0 Å². The second-order valence-electron chi connectivity index (χ2n) is 6.85. The van der Waals surface area contributed by atoms with Gasteiger partial charge < -0.3 is 14.5 Å². The van der Waals surface area contributed by atoms with Crippen LogP contribution in [0.4, 0.5) is 5.69 Å². The van der Waals surface area contributed by atoms with Gasteiger partial charge in [0.25, 0.3) is 0 Å². The predicted octanol–water partition coefficient (Wildman–Crippen LogP) is 3.45. The molecule has 2 fully saturated rings. The molecule has 2 saturated heterocycles. The molecule has 0 saturated carbocycles. The molecule has 2 heterocycles. The van der Waals surface area contributed by atoms with E-state index in [2.05, 4.69) is 0 Å². The second kappa shape index (κ2) is 7.20. The summed E-state index contributed by atoms with van der Waals surface area (Å²) in [6.45, 7) is 2.12. The van der Waals surface area contributed by atoms with Crippen molar-refractivity contribution in [1.29, 1.82) is 0 Å². The van der Waals surface area contributed by atoms with Crippen LogP contribution in [0, 0.1) is 5.92 Å². The number of carbonyl (C=O) groups is 2. The van der Waals surface area contributed by atoms with Gasteiger partial charge in [0, 0.05) is 31.7 Å². The Labute approximate surface area is 153 Å². The summed E-state index contributed by atoms with van der Waals surface area (Å²) in [4.78, 5) is 28.6. The van der Waals surface area contributed by atoms with E-state index in [1.807, 2.05) is 59.5 Å². The monoisotopic (exact) mass is 350 g/mol. The zero-order valence-corrected chi connectivity index (χ0v) is 14.6. The van der Waals surface area contributed by atoms with Gasteiger partial charge >= 0.3 is 0 Å². The summed E-state index contributed by atoms with van der Waals surface area (Å²) in [7, 11) is 0. The Morgan fingerprint density at radius 1 is 0.923 bits per heavy atom. The highest BCUT2D eigenvalue weighted by Gasteiger charge is 2.37. The summed E-state index contributed by atoms with van der Waals surface area (Å²) in [5, 5.41) is 0. The topological polar surface area (TPSA) is 49.9 Å². The summed E-state index contributed by atoms with van der Waals surface area (Å²) < 4.78 is 5.79. The molecule has 0 aromatic heterocycles. The van der Waals surface area contributed by atoms with Gasteiger partial charge in [0.2, 0.25) is 11.8 Å². The second-order valence-corrected chi connectivity index (χ2v) is 6.85. The normalized spacial score (nSPS) is 19.8. The molecule has 0 radical (unpaired) electrons. The third-order valence-corrected chi connectivity index (χ3v) is 5.02. The van der Waals surface area contributed by atoms with Crippen molar-refractivity contribution < 1.29 is 14.3 Å². The molecule has 2 aromatic carbocycles. The summed E-state index contributed by atoms with van der Waals surface area (Å²) in [5.74, 6) is 1.41. The maximum atomic E-state index is 12.6. The Hall–Kier alpha value is -2.82. The van der Waals surface area contributed by atoms with E-state index in [0.29, 0.717) is 13.0 Å². The third kappa shape index (κ3) is 3.43. The number of amides is 2. The molecule has 2 aliphatic heterocycles. The van der Waals surface area contributed by atoms with Gasteiger partial charge in [0.15, 0.2) is 0 Å². The van der Waals surface area contributed by atoms with Gasteiger partial charge in [-0.15, -0.1) is 0 Å². The van der Waals surface area contributed by atoms with Crippen LogP contribution in [0.25, 0.3) is 0 Å². The van der Waals surface area contributed by atoms with Crippen molar-refractivity contribution in [3.8, 4) is 11.5 Å². The first kappa shape index (κ1) is 16.6. The highest BCUT2D eigenvalue weighted by molar-refractivity contribution is 6.00. The lowest BCUT2D eigenvalue weighted by atomic mass is 10.1. The Balaban J connectivity index is 1.42. The lowest BCUT2D eigenvalue weighted by molar-refractivity contribution is -0.134. The summed E-state index contributed by atoms with van der Waals surface area (Å²) in [6, 6.07) is 17.0. The molecule has 2 aliphatic rings. The number of carbonyl (C=O) groups excluding carboxylic acids is 2. The van der Waals surface area contributed by atoms with Crippen LogP contribution in [-0.2, 0) is 9.59 Å². The lowest BCUT2D eigenvalue weighted by Crippen LogP contribution is -2.35. The molecule has 4 rings (SSSR count). The Bertz CT molecular complexity index is 783. The van der Waals surface area contributed by atoms with Crippen molar-refractivity contribution in [2.24, 2.45) is 5.92 Å². The highest BCUT2D eigenvalue weighted by atomic mass is 16.5. The van der Waals surface area contributed by atoms with E-state index in [0.717, 1.165) is 43.1 Å². The molecule has 26 heavy (non-hydrogen) atoms. The molecule has 2 amide bonds. The maximum absolute atomic E-state index is 12.6. The van der Waals surface area contributed by atoms with Crippen molar-refractivity contribution in [2.75, 3.05) is 24.5 Å². The van der Waals surface area contributed by atoms with E-state index in [1.54, 1.807) is 4.90 Å². The zero-order valence-electron chi connectivity index (χ0n) is 14.6. The van der Waals surface area contributed by atoms with Crippen molar-refractivity contribution in [3.63, 3.8) is 0 Å². The van der Waals surface area contributed by atoms with Crippen LogP contribution in [-0.4, -0.2) is 36.3 Å². The smallest absolute Gasteiger partial charge is 0.228 e. The number of hydrogen-bond donors (Lipinski definition) is 0. The largest absolute Gasteiger partial charge is 0.457 e. The SMILES string of the molecule is O=C(C1CC(=O)N(c2ccc(Oc3ccccc3)cc2)C1)N1CCCC1. The number of anilines is 1. The molecule has 1 atom stereocenters. The van der Waals surface area contributed by atoms with Gasteiger partial charge in [0.1, 0.15) is 11.5 Å². The Kier molecular flexibility index (Phi) is 4.61. The van der Waals surface area contributed by atoms with Crippen LogP contribution in [0.5, 0.6) is 11.5 Å². The number of ether oxygens (including phenoxy) is 1. The molecule has 0 N–H and O–H groups in total. The molecule has 1 unspecified atom stereocenters. The molecule has 2 aromatic rings. The lowest BCUT2D eigenvalue weighted by Gasteiger charge is -2.20. The van der Waals surface area contributed by atoms with Gasteiger partial charge in [0.05, 0.1) is 5.92 Å². The standard InChI is InChI=1S/C21H22N2O3/c24-20-14-16(21(25)22-12-4-5-13-22)15-23(20)17-8-10-19(11-9-17)26-18-6-2-1-3-7-18/h1-3,6-11,16H,4-5,12-15H2. The minimum absolute atomic E-state index is 0.0132. The molecule has 5 nitrogen and oxygen atoms in total. The average Bonchev–Trinajstić information content (AvgIpc) is 3.33. The molecule has 134 valence electrons. The summed E-state index contributed by atoms with van der Waals surface area (Å²) >= 11 is 0. The Morgan fingerprint density at radius 2 is 1.58 bits per heavy atom. The fourth-order valence-electron chi connectivity index (χ4n) is 3.64. The van der Waals surface area contributed by atoms with Gasteiger partial charge in [-0.2, -0.15) is 0 Å². The van der Waals surface area contributed by atoms with E-state index in [-0.39, 0.29) is 17.7 Å². The number of hydrogen-bond acceptors (Lipinski definition) is 3. The van der Waals surface area contributed by atoms with Crippen LogP contribution < -0.4 is 9.64 Å². The van der Waals surface area contributed by atoms with E-state index in [9.17, 15) is 9.59 Å². The van der Waals surface area contributed by atoms with E-state index in [4.69, 9.17) is 4.74 Å². The van der Waals surface area contributed by atoms with E-state index in [1.165, 1.54) is 0 Å². The van der Waals surface area contributed by atoms with Crippen molar-refractivity contribution in [3.05, 3.63) is 54.6 Å². The van der Waals surface area contributed by atoms with Gasteiger partial charge in [-0.3, -0.25) is 9.59 Å². The van der Waals surface area contributed by atoms with Gasteiger partial charge in [-0.05, 0) is 49.2 Å². The van der Waals surface area contributed by atoms with Crippen molar-refractivity contribution in [2.45, 2.75) is 19.3 Å². The molecular formula is C21H22N2O3. The summed E-state index contributed by atoms with van der Waals surface area (Å²) in [5.41, 5.74) is 0.812. The van der Waals surface area contributed by atoms with Crippen molar-refractivity contribution >= 4 is 17.5 Å². The first-order chi connectivity index (χ1) is 12.7. The van der Waals surface area contributed by atoms with Crippen molar-refractivity contribution in [1.82, 2.24) is 4.90 Å². The van der Waals surface area contributed by atoms with Crippen LogP contribution in [0.15, 0.2) is 54.6 Å². The number of rotatable bonds is 4. The Morgan fingerprint density at radius 3 is 2.27 bits per heavy atom. The molecule has 0 aliphatic carbocycles. The van der Waals surface area contributed by atoms with E-state index >= 15 is 0 Å². The van der Waals surface area contributed by atoms with Crippen LogP contribution in [0.1, 0.15) is 19.3 Å². The fraction of sp³-hybridized carbons (Fsp3) is 0.333. The number of para-hydroxylation sites is 1. The highest BCUT2D eigenvalue weighted by Crippen LogP contribution is 2.29. The predicted molar refractivity (Wildman–Crippen MR) is 99.2 cm³/mol. The average molecular weight is 350 g/mol. The minimum atomic E-state index is -0.221. The number of nitrogens with zero attached hydrogens (tertiary/aromatic N) is 2. The third-order valence-electron chi connectivity index (χ3n) is 5.02. The first-order valence-electron chi connectivity index (χ1n) is 9.13. The summed E-state index contributed by atoms with van der Waals surface area (Å²) in [6.07, 6.45) is 2.44. The molecular weight excluding hydrogens is 328 g/mol. The minimum Gasteiger partial charge on any atom is -0.457 e. The van der Waals surface area contributed by atoms with Crippen LogP contribution in [0.2, 0.25) is 0 Å². The molecule has 0 bridgehead atoms. The zero-order chi connectivity index (χ0) is 17.9. The van der Waals surface area contributed by atoms with Crippen LogP contribution in [0.3, 0.4) is 0 Å². The van der Waals surface area contributed by atoms with Gasteiger partial charge in [-0.1, -0.05) is 18.2 Å². The molecule has 5 heteroatoms. The quantitative estimate of drug-likeness (QED) is 0.848. The first-order valence-corrected chi connectivity index (χ1v) is 9.13. The molecule has 0 spiro atoms. The van der Waals surface area contributed by atoms with Crippen LogP contribution >= 0.6 is 0 Å². The fourth-order valence-corrected chi connectivity index (χ4v) is 3.64. The van der Waals surface area contributed by atoms with E-state index < -0.39 is 0 Å². The number of likely N-dealkylation sites (tertiary alicyclic amines) is 1. The maximum Gasteiger partial charge on any atom is 0.228 e. The number of benzene rings is 2.